The first-order valence-electron chi connectivity index (χ1n) is 8.86. The minimum Gasteiger partial charge on any atom is -0.497 e. The number of nitrogens with zero attached hydrogens (tertiary/aromatic N) is 1. The van der Waals surface area contributed by atoms with Gasteiger partial charge in [0.25, 0.3) is 0 Å². The summed E-state index contributed by atoms with van der Waals surface area (Å²) in [4.78, 5) is 25.4. The zero-order valence-electron chi connectivity index (χ0n) is 16.3. The Morgan fingerprint density at radius 1 is 1.07 bits per heavy atom. The summed E-state index contributed by atoms with van der Waals surface area (Å²) < 4.78 is 12.3. The van der Waals surface area contributed by atoms with Crippen molar-refractivity contribution in [2.24, 2.45) is 0 Å². The number of pyridine rings is 1. The van der Waals surface area contributed by atoms with Crippen LogP contribution in [0.25, 0.3) is 16.6 Å². The minimum absolute atomic E-state index is 0.0111. The second-order valence-corrected chi connectivity index (χ2v) is 6.59. The molecule has 0 amide bonds. The van der Waals surface area contributed by atoms with Crippen molar-refractivity contribution in [3.63, 3.8) is 0 Å². The molecule has 2 aromatic carbocycles. The quantitative estimate of drug-likeness (QED) is 0.653. The van der Waals surface area contributed by atoms with Gasteiger partial charge in [-0.3, -0.25) is 4.79 Å². The van der Waals surface area contributed by atoms with Crippen molar-refractivity contribution < 1.29 is 14.3 Å². The molecule has 0 radical (unpaired) electrons. The number of aryl methyl sites for hydroxylation is 3. The van der Waals surface area contributed by atoms with Gasteiger partial charge in [0.1, 0.15) is 11.3 Å². The molecule has 0 saturated heterocycles. The molecule has 0 bridgehead atoms. The van der Waals surface area contributed by atoms with Gasteiger partial charge in [0.05, 0.1) is 30.3 Å². The Hall–Kier alpha value is -3.08. The van der Waals surface area contributed by atoms with E-state index in [9.17, 15) is 9.59 Å². The summed E-state index contributed by atoms with van der Waals surface area (Å²) >= 11 is 0. The van der Waals surface area contributed by atoms with Crippen LogP contribution in [0.1, 0.15) is 34.0 Å². The maximum absolute atomic E-state index is 13.0. The van der Waals surface area contributed by atoms with Gasteiger partial charge < -0.3 is 14.0 Å². The van der Waals surface area contributed by atoms with E-state index in [0.717, 1.165) is 22.4 Å². The summed E-state index contributed by atoms with van der Waals surface area (Å²) in [7, 11) is 1.54. The van der Waals surface area contributed by atoms with Gasteiger partial charge in [-0.1, -0.05) is 17.7 Å². The van der Waals surface area contributed by atoms with Crippen LogP contribution in [-0.2, 0) is 4.74 Å². The summed E-state index contributed by atoms with van der Waals surface area (Å²) in [6.45, 7) is 8.01. The Morgan fingerprint density at radius 3 is 2.33 bits per heavy atom. The fourth-order valence-corrected chi connectivity index (χ4v) is 3.53. The molecule has 0 aliphatic carbocycles. The number of methoxy groups -OCH3 is 1. The molecule has 0 aliphatic rings. The minimum atomic E-state index is -0.622. The van der Waals surface area contributed by atoms with Gasteiger partial charge in [0.15, 0.2) is 0 Å². The largest absolute Gasteiger partial charge is 0.497 e. The van der Waals surface area contributed by atoms with Crippen molar-refractivity contribution in [3.05, 3.63) is 69.0 Å². The van der Waals surface area contributed by atoms with Crippen molar-refractivity contribution in [1.29, 1.82) is 0 Å². The Labute approximate surface area is 158 Å². The maximum atomic E-state index is 13.0. The monoisotopic (exact) mass is 365 g/mol. The van der Waals surface area contributed by atoms with Gasteiger partial charge in [0, 0.05) is 6.20 Å². The molecule has 0 N–H and O–H groups in total. The Kier molecular flexibility index (Phi) is 5.04. The number of ether oxygens (including phenoxy) is 2. The number of aromatic nitrogens is 1. The third-order valence-electron chi connectivity index (χ3n) is 4.58. The number of hydrogen-bond donors (Lipinski definition) is 0. The standard InChI is InChI=1S/C22H23NO4/c1-6-27-22(25)18-12-23(20-14(3)9-13(2)10-15(20)4)19-8-7-16(26-5)11-17(19)21(18)24/h7-12H,6H2,1-5H3. The molecule has 3 rings (SSSR count). The molecule has 0 unspecified atom stereocenters. The number of fused-ring (bicyclic) bond motifs is 1. The van der Waals surface area contributed by atoms with E-state index in [-0.39, 0.29) is 17.6 Å². The third kappa shape index (κ3) is 3.33. The van der Waals surface area contributed by atoms with Crippen LogP contribution >= 0.6 is 0 Å². The van der Waals surface area contributed by atoms with Crippen molar-refractivity contribution in [3.8, 4) is 11.4 Å². The van der Waals surface area contributed by atoms with E-state index >= 15 is 0 Å². The van der Waals surface area contributed by atoms with Crippen molar-refractivity contribution >= 4 is 16.9 Å². The summed E-state index contributed by atoms with van der Waals surface area (Å²) in [5.41, 5.74) is 4.58. The highest BCUT2D eigenvalue weighted by Crippen LogP contribution is 2.27. The third-order valence-corrected chi connectivity index (χ3v) is 4.58. The molecule has 140 valence electrons. The molecule has 0 aliphatic heterocycles. The maximum Gasteiger partial charge on any atom is 0.343 e. The molecule has 5 nitrogen and oxygen atoms in total. The van der Waals surface area contributed by atoms with E-state index in [1.807, 2.05) is 31.4 Å². The van der Waals surface area contributed by atoms with Gasteiger partial charge >= 0.3 is 5.97 Å². The first-order chi connectivity index (χ1) is 12.9. The van der Waals surface area contributed by atoms with Gasteiger partial charge in [-0.25, -0.2) is 4.79 Å². The first-order valence-corrected chi connectivity index (χ1v) is 8.86. The number of carbonyl (C=O) groups is 1. The Balaban J connectivity index is 2.43. The van der Waals surface area contributed by atoms with Crippen LogP contribution in [0.15, 0.2) is 41.3 Å². The van der Waals surface area contributed by atoms with Gasteiger partial charge in [-0.05, 0) is 57.0 Å². The normalized spacial score (nSPS) is 10.9. The number of carbonyl (C=O) groups excluding carboxylic acids is 1. The molecule has 5 heteroatoms. The van der Waals surface area contributed by atoms with Crippen molar-refractivity contribution in [2.45, 2.75) is 27.7 Å². The lowest BCUT2D eigenvalue weighted by Crippen LogP contribution is -2.21. The summed E-state index contributed by atoms with van der Waals surface area (Å²) in [5, 5.41) is 0.416. The predicted octanol–water partition coefficient (Wildman–Crippen LogP) is 4.10. The second-order valence-electron chi connectivity index (χ2n) is 6.59. The van der Waals surface area contributed by atoms with Crippen molar-refractivity contribution in [2.75, 3.05) is 13.7 Å². The highest BCUT2D eigenvalue weighted by Gasteiger charge is 2.19. The molecule has 0 spiro atoms. The molecule has 0 saturated carbocycles. The Morgan fingerprint density at radius 2 is 1.74 bits per heavy atom. The van der Waals surface area contributed by atoms with E-state index < -0.39 is 5.97 Å². The topological polar surface area (TPSA) is 57.5 Å². The lowest BCUT2D eigenvalue weighted by Gasteiger charge is -2.18. The van der Waals surface area contributed by atoms with E-state index in [0.29, 0.717) is 16.7 Å². The van der Waals surface area contributed by atoms with Crippen LogP contribution in [0.4, 0.5) is 0 Å². The predicted molar refractivity (Wildman–Crippen MR) is 106 cm³/mol. The average Bonchev–Trinajstić information content (AvgIpc) is 2.62. The summed E-state index contributed by atoms with van der Waals surface area (Å²) in [5.74, 6) is -0.0621. The molecule has 3 aromatic rings. The molecule has 1 aromatic heterocycles. The molecular weight excluding hydrogens is 342 g/mol. The van der Waals surface area contributed by atoms with Crippen LogP contribution in [0.3, 0.4) is 0 Å². The highest BCUT2D eigenvalue weighted by molar-refractivity contribution is 5.94. The van der Waals surface area contributed by atoms with E-state index in [2.05, 4.69) is 12.1 Å². The number of hydrogen-bond acceptors (Lipinski definition) is 4. The summed E-state index contributed by atoms with van der Waals surface area (Å²) in [6.07, 6.45) is 1.58. The molecule has 0 fully saturated rings. The summed E-state index contributed by atoms with van der Waals surface area (Å²) in [6, 6.07) is 9.47. The van der Waals surface area contributed by atoms with E-state index in [4.69, 9.17) is 9.47 Å². The zero-order valence-corrected chi connectivity index (χ0v) is 16.3. The lowest BCUT2D eigenvalue weighted by atomic mass is 10.0. The zero-order chi connectivity index (χ0) is 19.7. The van der Waals surface area contributed by atoms with Crippen LogP contribution in [-0.4, -0.2) is 24.3 Å². The number of esters is 1. The smallest absolute Gasteiger partial charge is 0.343 e. The van der Waals surface area contributed by atoms with E-state index in [1.165, 1.54) is 0 Å². The average molecular weight is 365 g/mol. The van der Waals surface area contributed by atoms with Gasteiger partial charge in [-0.15, -0.1) is 0 Å². The lowest BCUT2D eigenvalue weighted by molar-refractivity contribution is 0.0524. The fourth-order valence-electron chi connectivity index (χ4n) is 3.53. The van der Waals surface area contributed by atoms with Crippen LogP contribution in [0.5, 0.6) is 5.75 Å². The second kappa shape index (κ2) is 7.27. The van der Waals surface area contributed by atoms with Crippen LogP contribution < -0.4 is 10.2 Å². The number of benzene rings is 2. The molecule has 1 heterocycles. The van der Waals surface area contributed by atoms with Gasteiger partial charge in [0.2, 0.25) is 5.43 Å². The van der Waals surface area contributed by atoms with Crippen molar-refractivity contribution in [1.82, 2.24) is 4.57 Å². The highest BCUT2D eigenvalue weighted by atomic mass is 16.5. The van der Waals surface area contributed by atoms with Gasteiger partial charge in [-0.2, -0.15) is 0 Å². The molecule has 0 atom stereocenters. The van der Waals surface area contributed by atoms with Crippen LogP contribution in [0.2, 0.25) is 0 Å². The molecular formula is C22H23NO4. The number of rotatable bonds is 4. The molecule has 27 heavy (non-hydrogen) atoms. The Bertz CT molecular complexity index is 1070. The van der Waals surface area contributed by atoms with E-state index in [1.54, 1.807) is 32.4 Å². The SMILES string of the molecule is CCOC(=O)c1cn(-c2c(C)cc(C)cc2C)c2ccc(OC)cc2c1=O. The first kappa shape index (κ1) is 18.7. The van der Waals surface area contributed by atoms with Crippen LogP contribution in [0, 0.1) is 20.8 Å². The fraction of sp³-hybridized carbons (Fsp3) is 0.273.